The van der Waals surface area contributed by atoms with Gasteiger partial charge >= 0.3 is 0 Å². The van der Waals surface area contributed by atoms with Crippen LogP contribution in [0.2, 0.25) is 10.0 Å². The van der Waals surface area contributed by atoms with Gasteiger partial charge in [-0.25, -0.2) is 0 Å². The van der Waals surface area contributed by atoms with E-state index in [-0.39, 0.29) is 17.6 Å². The lowest BCUT2D eigenvalue weighted by Crippen LogP contribution is -2.40. The van der Waals surface area contributed by atoms with Gasteiger partial charge in [-0.05, 0) is 56.1 Å². The standard InChI is InChI=1S/C21H22Cl2N2O2/c1-14(26)15-4-2-6-19(10-15)24-21(27)17-5-3-9-25(13-17)12-16-7-8-18(22)11-20(16)23/h2,4,6-8,10-11,17H,3,5,9,12-13H2,1H3,(H,24,27)/t17-/m1/s1. The number of Topliss-reactive ketones (excluding diaryl/α,β-unsaturated/α-hetero) is 1. The Hall–Kier alpha value is -1.88. The molecule has 27 heavy (non-hydrogen) atoms. The van der Waals surface area contributed by atoms with Crippen LogP contribution in [-0.4, -0.2) is 29.7 Å². The Morgan fingerprint density at radius 3 is 2.74 bits per heavy atom. The topological polar surface area (TPSA) is 49.4 Å². The summed E-state index contributed by atoms with van der Waals surface area (Å²) in [5.41, 5.74) is 2.26. The number of piperidine rings is 1. The number of nitrogens with one attached hydrogen (secondary N) is 1. The molecule has 142 valence electrons. The molecule has 1 amide bonds. The predicted octanol–water partition coefficient (Wildman–Crippen LogP) is 5.05. The molecule has 3 rings (SSSR count). The summed E-state index contributed by atoms with van der Waals surface area (Å²) >= 11 is 12.2. The molecule has 0 spiro atoms. The molecule has 1 fully saturated rings. The van der Waals surface area contributed by atoms with Gasteiger partial charge in [0.2, 0.25) is 5.91 Å². The van der Waals surface area contributed by atoms with Gasteiger partial charge in [-0.3, -0.25) is 14.5 Å². The third-order valence-electron chi connectivity index (χ3n) is 4.82. The lowest BCUT2D eigenvalue weighted by molar-refractivity contribution is -0.121. The first-order valence-corrected chi connectivity index (χ1v) is 9.76. The Labute approximate surface area is 169 Å². The Kier molecular flexibility index (Phi) is 6.53. The highest BCUT2D eigenvalue weighted by molar-refractivity contribution is 6.35. The zero-order valence-electron chi connectivity index (χ0n) is 15.2. The average molecular weight is 405 g/mol. The van der Waals surface area contributed by atoms with Crippen LogP contribution in [0.1, 0.15) is 35.7 Å². The third kappa shape index (κ3) is 5.32. The van der Waals surface area contributed by atoms with Crippen LogP contribution < -0.4 is 5.32 Å². The lowest BCUT2D eigenvalue weighted by atomic mass is 9.96. The first-order chi connectivity index (χ1) is 12.9. The highest BCUT2D eigenvalue weighted by Gasteiger charge is 2.26. The molecule has 1 N–H and O–H groups in total. The maximum absolute atomic E-state index is 12.7. The van der Waals surface area contributed by atoms with Crippen LogP contribution in [0.4, 0.5) is 5.69 Å². The number of hydrogen-bond acceptors (Lipinski definition) is 3. The number of nitrogens with zero attached hydrogens (tertiary/aromatic N) is 1. The summed E-state index contributed by atoms with van der Waals surface area (Å²) in [6.07, 6.45) is 1.81. The fourth-order valence-corrected chi connectivity index (χ4v) is 3.83. The number of likely N-dealkylation sites (tertiary alicyclic amines) is 1. The highest BCUT2D eigenvalue weighted by atomic mass is 35.5. The van der Waals surface area contributed by atoms with Crippen molar-refractivity contribution in [2.75, 3.05) is 18.4 Å². The van der Waals surface area contributed by atoms with Crippen molar-refractivity contribution >= 4 is 40.6 Å². The Morgan fingerprint density at radius 2 is 2.00 bits per heavy atom. The Bertz CT molecular complexity index is 854. The predicted molar refractivity (Wildman–Crippen MR) is 110 cm³/mol. The van der Waals surface area contributed by atoms with Crippen LogP contribution in [0.25, 0.3) is 0 Å². The van der Waals surface area contributed by atoms with Gasteiger partial charge in [0.05, 0.1) is 5.92 Å². The van der Waals surface area contributed by atoms with Gasteiger partial charge in [0.15, 0.2) is 5.78 Å². The van der Waals surface area contributed by atoms with Crippen molar-refractivity contribution in [2.45, 2.75) is 26.3 Å². The first kappa shape index (κ1) is 19.9. The minimum absolute atomic E-state index is 0.0115. The number of carbonyl (C=O) groups excluding carboxylic acids is 2. The van der Waals surface area contributed by atoms with Gasteiger partial charge < -0.3 is 5.32 Å². The van der Waals surface area contributed by atoms with Crippen LogP contribution in [0, 0.1) is 5.92 Å². The average Bonchev–Trinajstić information content (AvgIpc) is 2.64. The quantitative estimate of drug-likeness (QED) is 0.709. The number of carbonyl (C=O) groups is 2. The van der Waals surface area contributed by atoms with Gasteiger partial charge in [-0.15, -0.1) is 0 Å². The van der Waals surface area contributed by atoms with Crippen molar-refractivity contribution in [2.24, 2.45) is 5.92 Å². The lowest BCUT2D eigenvalue weighted by Gasteiger charge is -2.32. The summed E-state index contributed by atoms with van der Waals surface area (Å²) in [5.74, 6) is -0.122. The van der Waals surface area contributed by atoms with Gasteiger partial charge in [0.25, 0.3) is 0 Å². The van der Waals surface area contributed by atoms with Crippen LogP contribution in [0.5, 0.6) is 0 Å². The molecular weight excluding hydrogens is 383 g/mol. The largest absolute Gasteiger partial charge is 0.326 e. The number of hydrogen-bond donors (Lipinski definition) is 1. The van der Waals surface area contributed by atoms with E-state index < -0.39 is 0 Å². The molecule has 0 unspecified atom stereocenters. The molecule has 1 saturated heterocycles. The zero-order valence-corrected chi connectivity index (χ0v) is 16.7. The van der Waals surface area contributed by atoms with Crippen LogP contribution in [0.15, 0.2) is 42.5 Å². The molecule has 0 bridgehead atoms. The second-order valence-corrected chi connectivity index (χ2v) is 7.78. The van der Waals surface area contributed by atoms with Crippen LogP contribution in [-0.2, 0) is 11.3 Å². The fraction of sp³-hybridized carbons (Fsp3) is 0.333. The molecule has 0 saturated carbocycles. The molecule has 0 aromatic heterocycles. The molecule has 0 radical (unpaired) electrons. The van der Waals surface area contributed by atoms with E-state index in [2.05, 4.69) is 10.2 Å². The third-order valence-corrected chi connectivity index (χ3v) is 5.41. The molecule has 1 heterocycles. The van der Waals surface area contributed by atoms with Crippen molar-refractivity contribution in [3.63, 3.8) is 0 Å². The van der Waals surface area contributed by atoms with E-state index in [9.17, 15) is 9.59 Å². The number of halogens is 2. The number of anilines is 1. The Balaban J connectivity index is 1.62. The van der Waals surface area contributed by atoms with Crippen LogP contribution >= 0.6 is 23.2 Å². The van der Waals surface area contributed by atoms with Crippen molar-refractivity contribution in [3.8, 4) is 0 Å². The van der Waals surface area contributed by atoms with Gasteiger partial charge in [0.1, 0.15) is 0 Å². The van der Waals surface area contributed by atoms with Crippen molar-refractivity contribution in [1.82, 2.24) is 4.90 Å². The Morgan fingerprint density at radius 1 is 1.19 bits per heavy atom. The molecule has 2 aromatic carbocycles. The van der Waals surface area contributed by atoms with Gasteiger partial charge in [0, 0.05) is 34.4 Å². The van der Waals surface area contributed by atoms with E-state index >= 15 is 0 Å². The zero-order chi connectivity index (χ0) is 19.4. The molecule has 0 aliphatic carbocycles. The summed E-state index contributed by atoms with van der Waals surface area (Å²) in [5, 5.41) is 4.22. The second kappa shape index (κ2) is 8.87. The number of rotatable bonds is 5. The number of benzene rings is 2. The van der Waals surface area contributed by atoms with Crippen LogP contribution in [0.3, 0.4) is 0 Å². The summed E-state index contributed by atoms with van der Waals surface area (Å²) in [7, 11) is 0. The minimum Gasteiger partial charge on any atom is -0.326 e. The molecule has 1 aliphatic heterocycles. The highest BCUT2D eigenvalue weighted by Crippen LogP contribution is 2.25. The molecule has 1 atom stereocenters. The van der Waals surface area contributed by atoms with Crippen molar-refractivity contribution < 1.29 is 9.59 Å². The van der Waals surface area contributed by atoms with E-state index in [1.807, 2.05) is 12.1 Å². The maximum Gasteiger partial charge on any atom is 0.228 e. The summed E-state index contributed by atoms with van der Waals surface area (Å²) in [6, 6.07) is 12.6. The monoisotopic (exact) mass is 404 g/mol. The van der Waals surface area contributed by atoms with Crippen molar-refractivity contribution in [3.05, 3.63) is 63.6 Å². The SMILES string of the molecule is CC(=O)c1cccc(NC(=O)[C@@H]2CCCN(Cc3ccc(Cl)cc3Cl)C2)c1. The van der Waals surface area contributed by atoms with Crippen molar-refractivity contribution in [1.29, 1.82) is 0 Å². The molecule has 2 aromatic rings. The van der Waals surface area contributed by atoms with E-state index in [0.717, 1.165) is 24.9 Å². The maximum atomic E-state index is 12.7. The normalized spacial score (nSPS) is 17.5. The molecular formula is C21H22Cl2N2O2. The number of amides is 1. The van der Waals surface area contributed by atoms with E-state index in [1.54, 1.807) is 30.3 Å². The second-order valence-electron chi connectivity index (χ2n) is 6.94. The smallest absolute Gasteiger partial charge is 0.228 e. The number of ketones is 1. The summed E-state index contributed by atoms with van der Waals surface area (Å²) < 4.78 is 0. The summed E-state index contributed by atoms with van der Waals surface area (Å²) in [6.45, 7) is 3.82. The fourth-order valence-electron chi connectivity index (χ4n) is 3.36. The molecule has 4 nitrogen and oxygen atoms in total. The van der Waals surface area contributed by atoms with E-state index in [1.165, 1.54) is 6.92 Å². The first-order valence-electron chi connectivity index (χ1n) is 9.00. The summed E-state index contributed by atoms with van der Waals surface area (Å²) in [4.78, 5) is 26.4. The van der Waals surface area contributed by atoms with Gasteiger partial charge in [-0.2, -0.15) is 0 Å². The molecule has 1 aliphatic rings. The minimum atomic E-state index is -0.0918. The van der Waals surface area contributed by atoms with Gasteiger partial charge in [-0.1, -0.05) is 41.4 Å². The van der Waals surface area contributed by atoms with E-state index in [4.69, 9.17) is 23.2 Å². The van der Waals surface area contributed by atoms with E-state index in [0.29, 0.717) is 34.4 Å². The molecule has 6 heteroatoms.